The lowest BCUT2D eigenvalue weighted by Crippen LogP contribution is -2.53. The Kier molecular flexibility index (Phi) is 6.06. The number of nitrogens with zero attached hydrogens (tertiary/aromatic N) is 3. The third-order valence-electron chi connectivity index (χ3n) is 5.20. The monoisotopic (exact) mass is 371 g/mol. The van der Waals surface area contributed by atoms with E-state index in [1.54, 1.807) is 29.2 Å². The summed E-state index contributed by atoms with van der Waals surface area (Å²) in [5.41, 5.74) is 7.31. The molecule has 24 heavy (non-hydrogen) atoms. The molecule has 2 atom stereocenters. The van der Waals surface area contributed by atoms with Gasteiger partial charge in [-0.1, -0.05) is 6.42 Å². The van der Waals surface area contributed by atoms with E-state index in [1.165, 1.54) is 19.3 Å². The van der Waals surface area contributed by atoms with Gasteiger partial charge in [-0.15, -0.1) is 24.8 Å². The van der Waals surface area contributed by atoms with E-state index in [0.29, 0.717) is 29.1 Å². The number of nitrogens with one attached hydrogen (secondary N) is 1. The number of rotatable bonds is 2. The molecule has 0 radical (unpaired) electrons. The van der Waals surface area contributed by atoms with Gasteiger partial charge in [0.05, 0.1) is 6.20 Å². The quantitative estimate of drug-likeness (QED) is 0.847. The molecule has 0 aliphatic heterocycles. The Morgan fingerprint density at radius 2 is 1.96 bits per heavy atom. The van der Waals surface area contributed by atoms with Crippen LogP contribution in [0.4, 0.5) is 0 Å². The van der Waals surface area contributed by atoms with Gasteiger partial charge in [-0.2, -0.15) is 5.10 Å². The van der Waals surface area contributed by atoms with Crippen molar-refractivity contribution in [3.63, 3.8) is 0 Å². The Bertz CT molecular complexity index is 693. The molecule has 132 valence electrons. The van der Waals surface area contributed by atoms with E-state index >= 15 is 0 Å². The average Bonchev–Trinajstić information content (AvgIpc) is 2.92. The number of amides is 1. The number of halogens is 2. The molecule has 0 aromatic carbocycles. The minimum absolute atomic E-state index is 0. The van der Waals surface area contributed by atoms with Crippen LogP contribution in [0.15, 0.2) is 24.7 Å². The molecule has 2 fully saturated rings. The Balaban J connectivity index is 0.00000104. The van der Waals surface area contributed by atoms with Gasteiger partial charge in [-0.3, -0.25) is 4.79 Å². The predicted molar refractivity (Wildman–Crippen MR) is 96.8 cm³/mol. The first kappa shape index (κ1) is 19.0. The summed E-state index contributed by atoms with van der Waals surface area (Å²) in [4.78, 5) is 16.9. The topological polar surface area (TPSA) is 85.3 Å². The summed E-state index contributed by atoms with van der Waals surface area (Å²) in [5, 5.41) is 7.44. The molecule has 2 aliphatic rings. The second-order valence-corrected chi connectivity index (χ2v) is 6.63. The summed E-state index contributed by atoms with van der Waals surface area (Å²) >= 11 is 0. The first-order valence-corrected chi connectivity index (χ1v) is 8.07. The molecule has 3 N–H and O–H groups in total. The van der Waals surface area contributed by atoms with Gasteiger partial charge in [-0.05, 0) is 43.6 Å². The number of nitrogens with two attached hydrogens (primary N) is 1. The molecule has 1 amide bonds. The van der Waals surface area contributed by atoms with Crippen LogP contribution >= 0.6 is 24.8 Å². The normalized spacial score (nSPS) is 28.5. The van der Waals surface area contributed by atoms with Crippen LogP contribution < -0.4 is 11.1 Å². The average molecular weight is 372 g/mol. The highest BCUT2D eigenvalue weighted by Gasteiger charge is 2.40. The van der Waals surface area contributed by atoms with Crippen LogP contribution in [0.25, 0.3) is 5.65 Å². The van der Waals surface area contributed by atoms with Crippen molar-refractivity contribution in [2.45, 2.75) is 44.2 Å². The van der Waals surface area contributed by atoms with Crippen LogP contribution in [0.2, 0.25) is 0 Å². The van der Waals surface area contributed by atoms with Crippen LogP contribution in [0, 0.1) is 11.8 Å². The second-order valence-electron chi connectivity index (χ2n) is 6.63. The third kappa shape index (κ3) is 3.36. The Hall–Kier alpha value is -1.37. The van der Waals surface area contributed by atoms with Crippen LogP contribution in [0.1, 0.15) is 42.5 Å². The zero-order valence-corrected chi connectivity index (χ0v) is 14.9. The molecular weight excluding hydrogens is 349 g/mol. The summed E-state index contributed by atoms with van der Waals surface area (Å²) < 4.78 is 1.63. The lowest BCUT2D eigenvalue weighted by atomic mass is 9.67. The van der Waals surface area contributed by atoms with Gasteiger partial charge in [0.15, 0.2) is 5.65 Å². The van der Waals surface area contributed by atoms with Crippen LogP contribution in [0.3, 0.4) is 0 Å². The highest BCUT2D eigenvalue weighted by molar-refractivity contribution is 5.99. The maximum absolute atomic E-state index is 12.7. The zero-order valence-electron chi connectivity index (χ0n) is 13.3. The smallest absolute Gasteiger partial charge is 0.257 e. The zero-order chi connectivity index (χ0) is 15.1. The second kappa shape index (κ2) is 7.68. The molecular formula is C16H23Cl2N5O. The Morgan fingerprint density at radius 1 is 1.25 bits per heavy atom. The van der Waals surface area contributed by atoms with Crippen LogP contribution in [-0.2, 0) is 0 Å². The highest BCUT2D eigenvalue weighted by atomic mass is 35.5. The molecule has 2 unspecified atom stereocenters. The van der Waals surface area contributed by atoms with Crippen LogP contribution in [0.5, 0.6) is 0 Å². The molecule has 2 aromatic rings. The number of carbonyl (C=O) groups is 1. The summed E-state index contributed by atoms with van der Waals surface area (Å²) in [7, 11) is 0. The molecule has 8 heteroatoms. The number of hydrogen-bond donors (Lipinski definition) is 2. The van der Waals surface area contributed by atoms with Gasteiger partial charge in [0.2, 0.25) is 0 Å². The molecule has 6 nitrogen and oxygen atoms in total. The van der Waals surface area contributed by atoms with E-state index in [-0.39, 0.29) is 36.8 Å². The Morgan fingerprint density at radius 3 is 2.67 bits per heavy atom. The van der Waals surface area contributed by atoms with Crippen molar-refractivity contribution in [1.29, 1.82) is 0 Å². The van der Waals surface area contributed by atoms with E-state index in [2.05, 4.69) is 15.4 Å². The van der Waals surface area contributed by atoms with E-state index in [9.17, 15) is 4.79 Å². The van der Waals surface area contributed by atoms with Gasteiger partial charge in [-0.25, -0.2) is 9.50 Å². The van der Waals surface area contributed by atoms with Gasteiger partial charge in [0.25, 0.3) is 5.91 Å². The molecule has 2 heterocycles. The SMILES string of the molecule is Cl.Cl.NC1CC2CCCC(C1)C2NC(=O)c1cnn2cccnc12. The van der Waals surface area contributed by atoms with E-state index in [0.717, 1.165) is 12.8 Å². The van der Waals surface area contributed by atoms with Gasteiger partial charge in [0, 0.05) is 24.5 Å². The maximum Gasteiger partial charge on any atom is 0.257 e. The number of carbonyl (C=O) groups excluding carboxylic acids is 1. The van der Waals surface area contributed by atoms with Crippen molar-refractivity contribution in [3.8, 4) is 0 Å². The summed E-state index contributed by atoms with van der Waals surface area (Å²) in [6.07, 6.45) is 10.7. The fourth-order valence-corrected chi connectivity index (χ4v) is 4.24. The molecule has 0 spiro atoms. The third-order valence-corrected chi connectivity index (χ3v) is 5.20. The maximum atomic E-state index is 12.7. The predicted octanol–water partition coefficient (Wildman–Crippen LogP) is 2.21. The Labute approximate surface area is 153 Å². The molecule has 4 rings (SSSR count). The minimum Gasteiger partial charge on any atom is -0.349 e. The largest absolute Gasteiger partial charge is 0.349 e. The van der Waals surface area contributed by atoms with Crippen molar-refractivity contribution < 1.29 is 4.79 Å². The van der Waals surface area contributed by atoms with E-state index in [1.807, 2.05) is 0 Å². The lowest BCUT2D eigenvalue weighted by Gasteiger charge is -2.45. The molecule has 2 aliphatic carbocycles. The van der Waals surface area contributed by atoms with Gasteiger partial charge in [0.1, 0.15) is 5.56 Å². The van der Waals surface area contributed by atoms with Crippen molar-refractivity contribution in [1.82, 2.24) is 19.9 Å². The van der Waals surface area contributed by atoms with Crippen LogP contribution in [-0.4, -0.2) is 32.6 Å². The fraction of sp³-hybridized carbons (Fsp3) is 0.562. The van der Waals surface area contributed by atoms with Crippen molar-refractivity contribution >= 4 is 36.4 Å². The summed E-state index contributed by atoms with van der Waals surface area (Å²) in [6.45, 7) is 0. The highest BCUT2D eigenvalue weighted by Crippen LogP contribution is 2.39. The van der Waals surface area contributed by atoms with Gasteiger partial charge < -0.3 is 11.1 Å². The number of fused-ring (bicyclic) bond motifs is 3. The standard InChI is InChI=1S/C16H21N5O.2ClH/c17-12-7-10-3-1-4-11(8-12)14(10)20-16(22)13-9-19-21-6-2-5-18-15(13)21;;/h2,5-6,9-12,14H,1,3-4,7-8,17H2,(H,20,22);2*1H. The molecule has 2 saturated carbocycles. The molecule has 0 saturated heterocycles. The minimum atomic E-state index is -0.0638. The van der Waals surface area contributed by atoms with Crippen molar-refractivity contribution in [2.75, 3.05) is 0 Å². The first-order valence-electron chi connectivity index (χ1n) is 8.07. The molecule has 2 aromatic heterocycles. The number of hydrogen-bond acceptors (Lipinski definition) is 4. The van der Waals surface area contributed by atoms with Crippen molar-refractivity contribution in [2.24, 2.45) is 17.6 Å². The number of aromatic nitrogens is 3. The van der Waals surface area contributed by atoms with Gasteiger partial charge >= 0.3 is 0 Å². The summed E-state index contributed by atoms with van der Waals surface area (Å²) in [6, 6.07) is 2.34. The van der Waals surface area contributed by atoms with E-state index < -0.39 is 0 Å². The fourth-order valence-electron chi connectivity index (χ4n) is 4.24. The first-order chi connectivity index (χ1) is 10.7. The van der Waals surface area contributed by atoms with E-state index in [4.69, 9.17) is 5.73 Å². The summed E-state index contributed by atoms with van der Waals surface area (Å²) in [5.74, 6) is 0.966. The van der Waals surface area contributed by atoms with Crippen molar-refractivity contribution in [3.05, 3.63) is 30.2 Å². The molecule has 2 bridgehead atoms. The lowest BCUT2D eigenvalue weighted by molar-refractivity contribution is 0.0757.